The highest BCUT2D eigenvalue weighted by atomic mass is 19.4. The van der Waals surface area contributed by atoms with Gasteiger partial charge in [0.15, 0.2) is 0 Å². The highest BCUT2D eigenvalue weighted by Gasteiger charge is 2.39. The van der Waals surface area contributed by atoms with Crippen molar-refractivity contribution in [1.29, 1.82) is 0 Å². The van der Waals surface area contributed by atoms with Crippen LogP contribution in [0, 0.1) is 5.82 Å². The number of benzene rings is 2. The molecule has 1 fully saturated rings. The van der Waals surface area contributed by atoms with Gasteiger partial charge in [-0.2, -0.15) is 13.2 Å². The number of nitrogens with zero attached hydrogens (tertiary/aromatic N) is 1. The molecule has 0 aromatic heterocycles. The molecule has 2 aromatic carbocycles. The highest BCUT2D eigenvalue weighted by Crippen LogP contribution is 2.22. The molecule has 1 aliphatic rings. The molecule has 1 aliphatic heterocycles. The van der Waals surface area contributed by atoms with Crippen molar-refractivity contribution in [2.24, 2.45) is 0 Å². The smallest absolute Gasteiger partial charge is 0.377 e. The maximum Gasteiger partial charge on any atom is 0.472 e. The van der Waals surface area contributed by atoms with E-state index in [4.69, 9.17) is 4.74 Å². The third-order valence-electron chi connectivity index (χ3n) is 4.61. The van der Waals surface area contributed by atoms with E-state index >= 15 is 0 Å². The standard InChI is InChI=1S/C20H19F4N3O3/c21-17-11-13(6-7-16(17)18(28)25-26-19(29)20(22,23)24)10-15-12-30-9-8-27(15)14-4-2-1-3-5-14/h1-7,11,15H,8-10,12H2,(H,25,28)(H,26,29). The molecular weight excluding hydrogens is 406 g/mol. The summed E-state index contributed by atoms with van der Waals surface area (Å²) in [6.07, 6.45) is -4.72. The van der Waals surface area contributed by atoms with Crippen LogP contribution in [0.25, 0.3) is 0 Å². The number of ether oxygens (including phenoxy) is 1. The second-order valence-corrected chi connectivity index (χ2v) is 6.68. The fraction of sp³-hybridized carbons (Fsp3) is 0.300. The summed E-state index contributed by atoms with van der Waals surface area (Å²) >= 11 is 0. The average Bonchev–Trinajstić information content (AvgIpc) is 2.72. The van der Waals surface area contributed by atoms with Crippen LogP contribution < -0.4 is 15.8 Å². The number of hydrogen-bond acceptors (Lipinski definition) is 4. The van der Waals surface area contributed by atoms with E-state index in [0.717, 1.165) is 17.8 Å². The van der Waals surface area contributed by atoms with Gasteiger partial charge >= 0.3 is 12.1 Å². The molecule has 3 rings (SSSR count). The van der Waals surface area contributed by atoms with Gasteiger partial charge in [-0.1, -0.05) is 24.3 Å². The lowest BCUT2D eigenvalue weighted by molar-refractivity contribution is -0.174. The van der Waals surface area contributed by atoms with E-state index in [-0.39, 0.29) is 6.04 Å². The minimum Gasteiger partial charge on any atom is -0.377 e. The number of amides is 2. The Morgan fingerprint density at radius 2 is 1.83 bits per heavy atom. The van der Waals surface area contributed by atoms with Gasteiger partial charge in [-0.25, -0.2) is 4.39 Å². The zero-order valence-corrected chi connectivity index (χ0v) is 15.7. The first-order chi connectivity index (χ1) is 14.3. The minimum atomic E-state index is -5.16. The SMILES string of the molecule is O=C(NNC(=O)C(F)(F)F)c1ccc(CC2COCCN2c2ccccc2)cc1F. The van der Waals surface area contributed by atoms with Crippen LogP contribution >= 0.6 is 0 Å². The molecule has 0 radical (unpaired) electrons. The minimum absolute atomic E-state index is 0.0497. The Morgan fingerprint density at radius 1 is 1.10 bits per heavy atom. The number of hydrazine groups is 1. The van der Waals surface area contributed by atoms with Crippen molar-refractivity contribution in [3.63, 3.8) is 0 Å². The van der Waals surface area contributed by atoms with Crippen molar-refractivity contribution >= 4 is 17.5 Å². The molecule has 0 bridgehead atoms. The first kappa shape index (κ1) is 21.6. The number of hydrogen-bond donors (Lipinski definition) is 2. The van der Waals surface area contributed by atoms with Gasteiger partial charge in [0, 0.05) is 12.2 Å². The van der Waals surface area contributed by atoms with Crippen LogP contribution in [-0.4, -0.2) is 43.8 Å². The van der Waals surface area contributed by atoms with E-state index in [1.54, 1.807) is 5.43 Å². The van der Waals surface area contributed by atoms with Gasteiger partial charge in [-0.15, -0.1) is 0 Å². The molecule has 10 heteroatoms. The van der Waals surface area contributed by atoms with Crippen molar-refractivity contribution in [2.45, 2.75) is 18.6 Å². The number of alkyl halides is 3. The molecule has 30 heavy (non-hydrogen) atoms. The topological polar surface area (TPSA) is 70.7 Å². The fourth-order valence-electron chi connectivity index (χ4n) is 3.18. The highest BCUT2D eigenvalue weighted by molar-refractivity contribution is 5.96. The Hall–Kier alpha value is -3.14. The van der Waals surface area contributed by atoms with Gasteiger partial charge in [0.05, 0.1) is 24.8 Å². The number of para-hydroxylation sites is 1. The molecule has 2 N–H and O–H groups in total. The lowest BCUT2D eigenvalue weighted by Gasteiger charge is -2.37. The fourth-order valence-corrected chi connectivity index (χ4v) is 3.18. The van der Waals surface area contributed by atoms with Gasteiger partial charge in [-0.3, -0.25) is 20.4 Å². The second-order valence-electron chi connectivity index (χ2n) is 6.68. The van der Waals surface area contributed by atoms with Gasteiger partial charge < -0.3 is 9.64 Å². The van der Waals surface area contributed by atoms with Crippen LogP contribution in [0.2, 0.25) is 0 Å². The van der Waals surface area contributed by atoms with Crippen molar-refractivity contribution in [3.8, 4) is 0 Å². The number of morpholine rings is 1. The van der Waals surface area contributed by atoms with Crippen LogP contribution in [-0.2, 0) is 16.0 Å². The zero-order chi connectivity index (χ0) is 21.7. The molecule has 0 saturated carbocycles. The summed E-state index contributed by atoms with van der Waals surface area (Å²) in [6.45, 7) is 1.70. The van der Waals surface area contributed by atoms with Gasteiger partial charge in [0.2, 0.25) is 0 Å². The Kier molecular flexibility index (Phi) is 6.56. The van der Waals surface area contributed by atoms with Crippen molar-refractivity contribution < 1.29 is 31.9 Å². The van der Waals surface area contributed by atoms with Crippen molar-refractivity contribution in [2.75, 3.05) is 24.7 Å². The molecule has 0 aliphatic carbocycles. The molecule has 1 unspecified atom stereocenters. The Bertz CT molecular complexity index is 906. The molecule has 2 aromatic rings. The summed E-state index contributed by atoms with van der Waals surface area (Å²) in [5.41, 5.74) is 3.88. The number of rotatable bonds is 4. The molecule has 0 spiro atoms. The number of carbonyl (C=O) groups is 2. The molecule has 1 heterocycles. The lowest BCUT2D eigenvalue weighted by Crippen LogP contribution is -2.48. The number of carbonyl (C=O) groups excluding carboxylic acids is 2. The number of halogens is 4. The van der Waals surface area contributed by atoms with Gasteiger partial charge in [0.1, 0.15) is 5.82 Å². The van der Waals surface area contributed by atoms with E-state index in [1.165, 1.54) is 11.5 Å². The van der Waals surface area contributed by atoms with Crippen LogP contribution in [0.15, 0.2) is 48.5 Å². The van der Waals surface area contributed by atoms with Crippen LogP contribution in [0.1, 0.15) is 15.9 Å². The van der Waals surface area contributed by atoms with Crippen LogP contribution in [0.5, 0.6) is 0 Å². The third-order valence-corrected chi connectivity index (χ3v) is 4.61. The first-order valence-corrected chi connectivity index (χ1v) is 9.11. The van der Waals surface area contributed by atoms with Crippen molar-refractivity contribution in [1.82, 2.24) is 10.9 Å². The Balaban J connectivity index is 1.67. The summed E-state index contributed by atoms with van der Waals surface area (Å²) in [4.78, 5) is 24.8. The van der Waals surface area contributed by atoms with Crippen LogP contribution in [0.3, 0.4) is 0 Å². The van der Waals surface area contributed by atoms with Crippen LogP contribution in [0.4, 0.5) is 23.2 Å². The van der Waals surface area contributed by atoms with E-state index in [9.17, 15) is 27.2 Å². The Labute approximate surface area is 169 Å². The summed E-state index contributed by atoms with van der Waals surface area (Å²) in [6, 6.07) is 13.5. The Morgan fingerprint density at radius 3 is 2.50 bits per heavy atom. The zero-order valence-electron chi connectivity index (χ0n) is 15.7. The normalized spacial score (nSPS) is 16.8. The van der Waals surface area contributed by atoms with E-state index in [2.05, 4.69) is 4.90 Å². The molecule has 1 atom stereocenters. The summed E-state index contributed by atoms with van der Waals surface area (Å²) in [5.74, 6) is -4.45. The maximum absolute atomic E-state index is 14.4. The van der Waals surface area contributed by atoms with Gasteiger partial charge in [-0.05, 0) is 36.2 Å². The predicted octanol–water partition coefficient (Wildman–Crippen LogP) is 2.60. The molecular formula is C20H19F4N3O3. The quantitative estimate of drug-likeness (QED) is 0.584. The molecule has 6 nitrogen and oxygen atoms in total. The largest absolute Gasteiger partial charge is 0.472 e. The monoisotopic (exact) mass is 425 g/mol. The lowest BCUT2D eigenvalue weighted by atomic mass is 10.0. The summed E-state index contributed by atoms with van der Waals surface area (Å²) in [7, 11) is 0. The maximum atomic E-state index is 14.4. The first-order valence-electron chi connectivity index (χ1n) is 9.11. The van der Waals surface area contributed by atoms with E-state index in [0.29, 0.717) is 31.7 Å². The molecule has 1 saturated heterocycles. The van der Waals surface area contributed by atoms with Gasteiger partial charge in [0.25, 0.3) is 5.91 Å². The molecule has 2 amide bonds. The predicted molar refractivity (Wildman–Crippen MR) is 100 cm³/mol. The van der Waals surface area contributed by atoms with E-state index < -0.39 is 29.4 Å². The summed E-state index contributed by atoms with van der Waals surface area (Å²) < 4.78 is 56.4. The second kappa shape index (κ2) is 9.12. The van der Waals surface area contributed by atoms with E-state index in [1.807, 2.05) is 30.3 Å². The molecule has 160 valence electrons. The average molecular weight is 425 g/mol. The third kappa shape index (κ3) is 5.26. The number of nitrogens with one attached hydrogen (secondary N) is 2. The number of anilines is 1. The van der Waals surface area contributed by atoms with Crippen molar-refractivity contribution in [3.05, 3.63) is 65.5 Å². The summed E-state index contributed by atoms with van der Waals surface area (Å²) in [5, 5.41) is 0.